The zero-order valence-electron chi connectivity index (χ0n) is 11.2. The highest BCUT2D eigenvalue weighted by atomic mass is 16.4. The number of carboxylic acid groups (broad SMARTS) is 1. The van der Waals surface area contributed by atoms with Gasteiger partial charge in [-0.2, -0.15) is 0 Å². The van der Waals surface area contributed by atoms with Crippen LogP contribution in [0.25, 0.3) is 0 Å². The van der Waals surface area contributed by atoms with Crippen LogP contribution in [-0.2, 0) is 16.0 Å². The Morgan fingerprint density at radius 3 is 2.55 bits per heavy atom. The molecular formula is C15H18N2O3. The lowest BCUT2D eigenvalue weighted by molar-refractivity contribution is -0.143. The Balaban J connectivity index is 1.72. The van der Waals surface area contributed by atoms with Gasteiger partial charge in [-0.25, -0.2) is 0 Å². The number of hydrogen-bond donors (Lipinski definition) is 2. The van der Waals surface area contributed by atoms with E-state index in [4.69, 9.17) is 5.73 Å². The normalized spacial score (nSPS) is 27.8. The summed E-state index contributed by atoms with van der Waals surface area (Å²) in [6.45, 7) is 0. The summed E-state index contributed by atoms with van der Waals surface area (Å²) in [5.41, 5.74) is 7.22. The van der Waals surface area contributed by atoms with Crippen molar-refractivity contribution in [3.05, 3.63) is 29.8 Å². The zero-order valence-corrected chi connectivity index (χ0v) is 11.2. The van der Waals surface area contributed by atoms with E-state index in [0.29, 0.717) is 18.5 Å². The van der Waals surface area contributed by atoms with Crippen molar-refractivity contribution >= 4 is 17.6 Å². The fraction of sp³-hybridized carbons (Fsp3) is 0.467. The third kappa shape index (κ3) is 2.13. The average molecular weight is 274 g/mol. The number of carboxylic acids is 1. The number of nitrogens with two attached hydrogens (primary N) is 1. The van der Waals surface area contributed by atoms with Gasteiger partial charge in [-0.1, -0.05) is 12.1 Å². The first kappa shape index (κ1) is 13.0. The number of fused-ring (bicyclic) bond motifs is 2. The number of anilines is 1. The molecular weight excluding hydrogens is 256 g/mol. The molecule has 2 bridgehead atoms. The number of carbonyl (C=O) groups excluding carboxylic acids is 1. The van der Waals surface area contributed by atoms with Crippen LogP contribution in [0.3, 0.4) is 0 Å². The second kappa shape index (κ2) is 4.81. The Labute approximate surface area is 117 Å². The van der Waals surface area contributed by atoms with Gasteiger partial charge in [-0.05, 0) is 37.0 Å². The predicted octanol–water partition coefficient (Wildman–Crippen LogP) is 1.28. The summed E-state index contributed by atoms with van der Waals surface area (Å²) in [4.78, 5) is 25.4. The van der Waals surface area contributed by atoms with Crippen molar-refractivity contribution in [1.82, 2.24) is 4.90 Å². The van der Waals surface area contributed by atoms with E-state index in [9.17, 15) is 14.7 Å². The van der Waals surface area contributed by atoms with Gasteiger partial charge in [0.2, 0.25) is 5.91 Å². The fourth-order valence-corrected chi connectivity index (χ4v) is 3.54. The summed E-state index contributed by atoms with van der Waals surface area (Å²) in [5, 5.41) is 9.20. The van der Waals surface area contributed by atoms with Gasteiger partial charge in [0, 0.05) is 17.8 Å². The van der Waals surface area contributed by atoms with Crippen LogP contribution in [0.2, 0.25) is 0 Å². The standard InChI is InChI=1S/C15H18N2O3/c16-10-3-1-9(2-4-10)7-14(18)17-11-5-6-13(17)12(8-11)15(19)20/h1-4,11-13H,5-8,16H2,(H,19,20). The Kier molecular flexibility index (Phi) is 3.12. The number of benzene rings is 1. The van der Waals surface area contributed by atoms with Crippen molar-refractivity contribution in [3.8, 4) is 0 Å². The van der Waals surface area contributed by atoms with Gasteiger partial charge in [0.05, 0.1) is 12.3 Å². The van der Waals surface area contributed by atoms with E-state index in [-0.39, 0.29) is 23.9 Å². The smallest absolute Gasteiger partial charge is 0.308 e. The Hall–Kier alpha value is -2.04. The van der Waals surface area contributed by atoms with Gasteiger partial charge >= 0.3 is 5.97 Å². The highest BCUT2D eigenvalue weighted by Gasteiger charge is 2.50. The third-order valence-electron chi connectivity index (χ3n) is 4.48. The van der Waals surface area contributed by atoms with Gasteiger partial charge in [0.1, 0.15) is 0 Å². The van der Waals surface area contributed by atoms with E-state index in [1.807, 2.05) is 17.0 Å². The average Bonchev–Trinajstić information content (AvgIpc) is 2.99. The highest BCUT2D eigenvalue weighted by Crippen LogP contribution is 2.42. The largest absolute Gasteiger partial charge is 0.481 e. The topological polar surface area (TPSA) is 83.6 Å². The maximum absolute atomic E-state index is 12.4. The van der Waals surface area contributed by atoms with Crippen molar-refractivity contribution < 1.29 is 14.7 Å². The van der Waals surface area contributed by atoms with E-state index in [1.165, 1.54) is 0 Å². The molecule has 2 aliphatic rings. The number of rotatable bonds is 3. The molecule has 3 atom stereocenters. The van der Waals surface area contributed by atoms with Crippen LogP contribution in [0.5, 0.6) is 0 Å². The van der Waals surface area contributed by atoms with Crippen LogP contribution >= 0.6 is 0 Å². The Morgan fingerprint density at radius 2 is 1.95 bits per heavy atom. The minimum Gasteiger partial charge on any atom is -0.481 e. The highest BCUT2D eigenvalue weighted by molar-refractivity contribution is 5.82. The van der Waals surface area contributed by atoms with Crippen molar-refractivity contribution in [2.45, 2.75) is 37.8 Å². The van der Waals surface area contributed by atoms with Crippen molar-refractivity contribution in [2.24, 2.45) is 5.92 Å². The molecule has 3 rings (SSSR count). The molecule has 3 N–H and O–H groups in total. The minimum absolute atomic E-state index is 0.0334. The van der Waals surface area contributed by atoms with E-state index >= 15 is 0 Å². The Morgan fingerprint density at radius 1 is 1.25 bits per heavy atom. The van der Waals surface area contributed by atoms with Gasteiger partial charge in [0.25, 0.3) is 0 Å². The van der Waals surface area contributed by atoms with E-state index in [0.717, 1.165) is 18.4 Å². The number of carbonyl (C=O) groups is 2. The molecule has 0 saturated carbocycles. The molecule has 2 fully saturated rings. The molecule has 2 heterocycles. The fourth-order valence-electron chi connectivity index (χ4n) is 3.54. The molecule has 3 unspecified atom stereocenters. The first-order valence-corrected chi connectivity index (χ1v) is 6.94. The molecule has 0 spiro atoms. The number of nitrogens with zero attached hydrogens (tertiary/aromatic N) is 1. The van der Waals surface area contributed by atoms with E-state index in [1.54, 1.807) is 12.1 Å². The zero-order chi connectivity index (χ0) is 14.3. The summed E-state index contributed by atoms with van der Waals surface area (Å²) in [6, 6.07) is 7.25. The third-order valence-corrected chi connectivity index (χ3v) is 4.48. The molecule has 106 valence electrons. The summed E-state index contributed by atoms with van der Waals surface area (Å²) in [6.07, 6.45) is 2.67. The van der Waals surface area contributed by atoms with Gasteiger partial charge in [0.15, 0.2) is 0 Å². The number of hydrogen-bond acceptors (Lipinski definition) is 3. The Bertz CT molecular complexity index is 541. The van der Waals surface area contributed by atoms with Crippen LogP contribution in [0.4, 0.5) is 5.69 Å². The van der Waals surface area contributed by atoms with Gasteiger partial charge in [-0.15, -0.1) is 0 Å². The van der Waals surface area contributed by atoms with Crippen LogP contribution in [-0.4, -0.2) is 34.0 Å². The summed E-state index contributed by atoms with van der Waals surface area (Å²) in [7, 11) is 0. The molecule has 1 aromatic rings. The minimum atomic E-state index is -0.775. The molecule has 0 aliphatic carbocycles. The lowest BCUT2D eigenvalue weighted by Crippen LogP contribution is -2.38. The van der Waals surface area contributed by atoms with Crippen LogP contribution < -0.4 is 5.73 Å². The van der Waals surface area contributed by atoms with Crippen LogP contribution in [0, 0.1) is 5.92 Å². The lowest BCUT2D eigenvalue weighted by atomic mass is 9.89. The van der Waals surface area contributed by atoms with Crippen molar-refractivity contribution in [1.29, 1.82) is 0 Å². The molecule has 0 radical (unpaired) electrons. The molecule has 0 aromatic heterocycles. The SMILES string of the molecule is Nc1ccc(CC(=O)N2C3CCC2C(C(=O)O)C3)cc1. The molecule has 5 nitrogen and oxygen atoms in total. The lowest BCUT2D eigenvalue weighted by Gasteiger charge is -2.23. The maximum Gasteiger partial charge on any atom is 0.308 e. The van der Waals surface area contributed by atoms with Crippen LogP contribution in [0.15, 0.2) is 24.3 Å². The molecule has 2 aliphatic heterocycles. The second-order valence-electron chi connectivity index (χ2n) is 5.70. The second-order valence-corrected chi connectivity index (χ2v) is 5.70. The predicted molar refractivity (Wildman–Crippen MR) is 74.0 cm³/mol. The van der Waals surface area contributed by atoms with Crippen molar-refractivity contribution in [3.63, 3.8) is 0 Å². The van der Waals surface area contributed by atoms with Crippen molar-refractivity contribution in [2.75, 3.05) is 5.73 Å². The van der Waals surface area contributed by atoms with Gasteiger partial charge < -0.3 is 15.7 Å². The summed E-state index contributed by atoms with van der Waals surface area (Å²) in [5.74, 6) is -1.13. The first-order valence-electron chi connectivity index (χ1n) is 6.94. The number of aliphatic carboxylic acids is 1. The molecule has 5 heteroatoms. The quantitative estimate of drug-likeness (QED) is 0.813. The van der Waals surface area contributed by atoms with Gasteiger partial charge in [-0.3, -0.25) is 9.59 Å². The monoisotopic (exact) mass is 274 g/mol. The number of nitrogen functional groups attached to an aromatic ring is 1. The summed E-state index contributed by atoms with van der Waals surface area (Å²) < 4.78 is 0. The van der Waals surface area contributed by atoms with E-state index in [2.05, 4.69) is 0 Å². The van der Waals surface area contributed by atoms with Crippen LogP contribution in [0.1, 0.15) is 24.8 Å². The summed E-state index contributed by atoms with van der Waals surface area (Å²) >= 11 is 0. The molecule has 2 saturated heterocycles. The number of amides is 1. The molecule has 20 heavy (non-hydrogen) atoms. The first-order chi connectivity index (χ1) is 9.56. The molecule has 1 amide bonds. The van der Waals surface area contributed by atoms with E-state index < -0.39 is 5.97 Å². The maximum atomic E-state index is 12.4. The molecule has 1 aromatic carbocycles.